The predicted octanol–water partition coefficient (Wildman–Crippen LogP) is 2.13. The van der Waals surface area contributed by atoms with Crippen LogP contribution in [0, 0.1) is 5.82 Å². The lowest BCUT2D eigenvalue weighted by Gasteiger charge is -2.11. The Kier molecular flexibility index (Phi) is 3.28. The Morgan fingerprint density at radius 2 is 2.07 bits per heavy atom. The zero-order chi connectivity index (χ0) is 11.6. The molecule has 0 aliphatic rings. The van der Waals surface area contributed by atoms with Crippen molar-refractivity contribution in [3.63, 3.8) is 0 Å². The van der Waals surface area contributed by atoms with E-state index in [1.165, 1.54) is 6.07 Å². The summed E-state index contributed by atoms with van der Waals surface area (Å²) in [6.45, 7) is 1.59. The molecule has 0 unspecified atom stereocenters. The highest BCUT2D eigenvalue weighted by molar-refractivity contribution is 5.22. The number of rotatable bonds is 2. The van der Waals surface area contributed by atoms with Crippen LogP contribution in [0.1, 0.15) is 18.2 Å². The van der Waals surface area contributed by atoms with E-state index >= 15 is 0 Å². The highest BCUT2D eigenvalue weighted by atomic mass is 19.4. The first-order chi connectivity index (χ1) is 6.82. The molecule has 2 nitrogen and oxygen atoms in total. The number of aromatic nitrogens is 1. The molecule has 1 aromatic heterocycles. The van der Waals surface area contributed by atoms with Gasteiger partial charge in [-0.05, 0) is 25.0 Å². The molecule has 0 saturated heterocycles. The highest BCUT2D eigenvalue weighted by Crippen LogP contribution is 2.30. The number of hydrogen-bond donors (Lipinski definition) is 1. The van der Waals surface area contributed by atoms with Crippen molar-refractivity contribution in [2.45, 2.75) is 25.6 Å². The van der Waals surface area contributed by atoms with Crippen LogP contribution in [0.4, 0.5) is 17.6 Å². The van der Waals surface area contributed by atoms with Gasteiger partial charge in [0.05, 0.1) is 0 Å². The van der Waals surface area contributed by atoms with Gasteiger partial charge in [0.25, 0.3) is 0 Å². The first-order valence-corrected chi connectivity index (χ1v) is 4.28. The second-order valence-electron chi connectivity index (χ2n) is 3.31. The third-order valence-electron chi connectivity index (χ3n) is 1.78. The number of nitrogens with zero attached hydrogens (tertiary/aromatic N) is 1. The van der Waals surface area contributed by atoms with Crippen molar-refractivity contribution in [3.05, 3.63) is 29.3 Å². The Bertz CT molecular complexity index is 346. The topological polar surface area (TPSA) is 38.9 Å². The van der Waals surface area contributed by atoms with Gasteiger partial charge in [-0.3, -0.25) is 0 Å². The molecule has 0 fully saturated rings. The van der Waals surface area contributed by atoms with Crippen LogP contribution in [0.2, 0.25) is 0 Å². The third kappa shape index (κ3) is 2.89. The molecule has 1 heterocycles. The summed E-state index contributed by atoms with van der Waals surface area (Å²) in [5.41, 5.74) is 3.84. The standard InChI is InChI=1S/C9H10F4N2/c1-5(14)4-6-2-3-15-8(7(6)10)9(11,12)13/h2-3,5H,4,14H2,1H3/t5-/m0/s1. The molecule has 0 aliphatic carbocycles. The molecular weight excluding hydrogens is 212 g/mol. The lowest BCUT2D eigenvalue weighted by atomic mass is 10.1. The quantitative estimate of drug-likeness (QED) is 0.778. The van der Waals surface area contributed by atoms with Crippen LogP contribution >= 0.6 is 0 Å². The molecule has 0 amide bonds. The van der Waals surface area contributed by atoms with Crippen LogP contribution in [-0.4, -0.2) is 11.0 Å². The van der Waals surface area contributed by atoms with E-state index in [1.54, 1.807) is 6.92 Å². The van der Waals surface area contributed by atoms with Crippen LogP contribution in [0.25, 0.3) is 0 Å². The SMILES string of the molecule is C[C@H](N)Cc1ccnc(C(F)(F)F)c1F. The van der Waals surface area contributed by atoms with E-state index in [1.807, 2.05) is 0 Å². The van der Waals surface area contributed by atoms with E-state index in [2.05, 4.69) is 4.98 Å². The van der Waals surface area contributed by atoms with Crippen molar-refractivity contribution < 1.29 is 17.6 Å². The lowest BCUT2D eigenvalue weighted by molar-refractivity contribution is -0.143. The summed E-state index contributed by atoms with van der Waals surface area (Å²) in [5.74, 6) is -1.33. The van der Waals surface area contributed by atoms with E-state index in [-0.39, 0.29) is 12.0 Å². The molecule has 1 atom stereocenters. The third-order valence-corrected chi connectivity index (χ3v) is 1.78. The normalized spacial score (nSPS) is 14.0. The average Bonchev–Trinajstić information content (AvgIpc) is 2.05. The molecule has 0 saturated carbocycles. The zero-order valence-electron chi connectivity index (χ0n) is 7.98. The van der Waals surface area contributed by atoms with Crippen molar-refractivity contribution in [2.75, 3.05) is 0 Å². The maximum absolute atomic E-state index is 13.3. The Hall–Kier alpha value is -1.17. The molecule has 84 valence electrons. The summed E-state index contributed by atoms with van der Waals surface area (Å²) in [7, 11) is 0. The lowest BCUT2D eigenvalue weighted by Crippen LogP contribution is -2.20. The number of hydrogen-bond acceptors (Lipinski definition) is 2. The number of halogens is 4. The number of alkyl halides is 3. The second kappa shape index (κ2) is 4.14. The minimum absolute atomic E-state index is 0.0530. The minimum atomic E-state index is -4.77. The van der Waals surface area contributed by atoms with Crippen molar-refractivity contribution >= 4 is 0 Å². The number of nitrogens with two attached hydrogens (primary N) is 1. The summed E-state index contributed by atoms with van der Waals surface area (Å²) < 4.78 is 50.0. The fourth-order valence-corrected chi connectivity index (χ4v) is 1.19. The van der Waals surface area contributed by atoms with Gasteiger partial charge < -0.3 is 5.73 Å². The molecule has 0 radical (unpaired) electrons. The Morgan fingerprint density at radius 1 is 1.47 bits per heavy atom. The monoisotopic (exact) mass is 222 g/mol. The molecule has 0 bridgehead atoms. The van der Waals surface area contributed by atoms with Crippen LogP contribution in [-0.2, 0) is 12.6 Å². The smallest absolute Gasteiger partial charge is 0.328 e. The van der Waals surface area contributed by atoms with Crippen LogP contribution in [0.3, 0.4) is 0 Å². The molecule has 1 rings (SSSR count). The van der Waals surface area contributed by atoms with Crippen LogP contribution in [0.5, 0.6) is 0 Å². The van der Waals surface area contributed by atoms with E-state index in [0.717, 1.165) is 6.20 Å². The molecule has 15 heavy (non-hydrogen) atoms. The van der Waals surface area contributed by atoms with Gasteiger partial charge >= 0.3 is 6.18 Å². The first-order valence-electron chi connectivity index (χ1n) is 4.28. The molecule has 0 aliphatic heterocycles. The second-order valence-corrected chi connectivity index (χ2v) is 3.31. The zero-order valence-corrected chi connectivity index (χ0v) is 7.98. The Balaban J connectivity index is 3.12. The van der Waals surface area contributed by atoms with Gasteiger partial charge in [0.2, 0.25) is 0 Å². The molecular formula is C9H10F4N2. The van der Waals surface area contributed by atoms with Gasteiger partial charge in [0.15, 0.2) is 11.5 Å². The minimum Gasteiger partial charge on any atom is -0.328 e. The summed E-state index contributed by atoms with van der Waals surface area (Å²) in [6, 6.07) is 0.802. The Morgan fingerprint density at radius 3 is 2.53 bits per heavy atom. The molecule has 1 aromatic rings. The molecule has 0 spiro atoms. The van der Waals surface area contributed by atoms with Crippen molar-refractivity contribution in [3.8, 4) is 0 Å². The van der Waals surface area contributed by atoms with E-state index < -0.39 is 23.7 Å². The van der Waals surface area contributed by atoms with Crippen molar-refractivity contribution in [2.24, 2.45) is 5.73 Å². The van der Waals surface area contributed by atoms with Gasteiger partial charge in [-0.15, -0.1) is 0 Å². The fraction of sp³-hybridized carbons (Fsp3) is 0.444. The Labute approximate surface area is 84.1 Å². The van der Waals surface area contributed by atoms with E-state index in [9.17, 15) is 17.6 Å². The maximum Gasteiger partial charge on any atom is 0.436 e. The van der Waals surface area contributed by atoms with Gasteiger partial charge in [0.1, 0.15) is 0 Å². The number of pyridine rings is 1. The fourth-order valence-electron chi connectivity index (χ4n) is 1.19. The largest absolute Gasteiger partial charge is 0.436 e. The van der Waals surface area contributed by atoms with Gasteiger partial charge in [-0.25, -0.2) is 9.37 Å². The van der Waals surface area contributed by atoms with Crippen LogP contribution < -0.4 is 5.73 Å². The van der Waals surface area contributed by atoms with Gasteiger partial charge in [-0.1, -0.05) is 0 Å². The molecule has 0 aromatic carbocycles. The summed E-state index contributed by atoms with van der Waals surface area (Å²) in [6.07, 6.45) is -3.78. The van der Waals surface area contributed by atoms with Gasteiger partial charge in [0, 0.05) is 12.2 Å². The molecule has 6 heteroatoms. The first kappa shape index (κ1) is 11.9. The average molecular weight is 222 g/mol. The summed E-state index contributed by atoms with van der Waals surface area (Å²) in [5, 5.41) is 0. The predicted molar refractivity (Wildman–Crippen MR) is 46.6 cm³/mol. The van der Waals surface area contributed by atoms with Crippen molar-refractivity contribution in [1.29, 1.82) is 0 Å². The highest BCUT2D eigenvalue weighted by Gasteiger charge is 2.36. The summed E-state index contributed by atoms with van der Waals surface area (Å²) in [4.78, 5) is 2.98. The van der Waals surface area contributed by atoms with E-state index in [0.29, 0.717) is 0 Å². The maximum atomic E-state index is 13.3. The van der Waals surface area contributed by atoms with Crippen LogP contribution in [0.15, 0.2) is 12.3 Å². The van der Waals surface area contributed by atoms with E-state index in [4.69, 9.17) is 5.73 Å². The van der Waals surface area contributed by atoms with Gasteiger partial charge in [-0.2, -0.15) is 13.2 Å². The van der Waals surface area contributed by atoms with Crippen molar-refractivity contribution in [1.82, 2.24) is 4.98 Å². The summed E-state index contributed by atoms with van der Waals surface area (Å²) >= 11 is 0. The molecule has 2 N–H and O–H groups in total.